The Hall–Kier alpha value is -3.48. The topological polar surface area (TPSA) is 101 Å². The zero-order chi connectivity index (χ0) is 18.8. The van der Waals surface area contributed by atoms with Gasteiger partial charge in [-0.3, -0.25) is 4.79 Å². The fourth-order valence-electron chi connectivity index (χ4n) is 3.21. The number of carboxylic acid groups (broad SMARTS) is 1. The standard InChI is InChI=1S/C20H18N2O5/c23-19(14-5-3-7-17-18(14)27-9-8-26-17)22-16(20(24)25)10-12-11-21-15-6-2-1-4-13(12)15/h1-7,11,16,21H,8-10H2,(H,22,23)(H,24,25)/t16-/m0/s1. The summed E-state index contributed by atoms with van der Waals surface area (Å²) in [4.78, 5) is 27.6. The van der Waals surface area contributed by atoms with Crippen molar-refractivity contribution in [2.75, 3.05) is 13.2 Å². The maximum Gasteiger partial charge on any atom is 0.326 e. The van der Waals surface area contributed by atoms with E-state index in [1.165, 1.54) is 0 Å². The molecule has 0 radical (unpaired) electrons. The lowest BCUT2D eigenvalue weighted by molar-refractivity contribution is -0.139. The van der Waals surface area contributed by atoms with Crippen molar-refractivity contribution in [2.24, 2.45) is 0 Å². The van der Waals surface area contributed by atoms with Gasteiger partial charge in [-0.1, -0.05) is 24.3 Å². The van der Waals surface area contributed by atoms with Crippen LogP contribution in [0.5, 0.6) is 11.5 Å². The Morgan fingerprint density at radius 1 is 1.11 bits per heavy atom. The van der Waals surface area contributed by atoms with E-state index in [-0.39, 0.29) is 12.0 Å². The van der Waals surface area contributed by atoms with E-state index < -0.39 is 17.9 Å². The lowest BCUT2D eigenvalue weighted by atomic mass is 10.0. The van der Waals surface area contributed by atoms with Crippen molar-refractivity contribution in [3.8, 4) is 11.5 Å². The van der Waals surface area contributed by atoms with E-state index in [1.807, 2.05) is 24.3 Å². The van der Waals surface area contributed by atoms with Crippen LogP contribution in [0.3, 0.4) is 0 Å². The lowest BCUT2D eigenvalue weighted by Gasteiger charge is -2.21. The van der Waals surface area contributed by atoms with Gasteiger partial charge in [-0.15, -0.1) is 0 Å². The zero-order valence-electron chi connectivity index (χ0n) is 14.4. The molecule has 27 heavy (non-hydrogen) atoms. The highest BCUT2D eigenvalue weighted by Gasteiger charge is 2.26. The van der Waals surface area contributed by atoms with Crippen LogP contribution in [0.15, 0.2) is 48.7 Å². The van der Waals surface area contributed by atoms with Crippen molar-refractivity contribution in [3.05, 3.63) is 59.8 Å². The van der Waals surface area contributed by atoms with Crippen molar-refractivity contribution in [3.63, 3.8) is 0 Å². The number of para-hydroxylation sites is 2. The predicted octanol–water partition coefficient (Wildman–Crippen LogP) is 2.36. The number of aromatic nitrogens is 1. The molecule has 1 aliphatic rings. The van der Waals surface area contributed by atoms with E-state index in [0.717, 1.165) is 16.5 Å². The van der Waals surface area contributed by atoms with Crippen LogP contribution in [-0.2, 0) is 11.2 Å². The molecule has 0 unspecified atom stereocenters. The summed E-state index contributed by atoms with van der Waals surface area (Å²) in [5.74, 6) is -0.782. The molecular weight excluding hydrogens is 348 g/mol. The summed E-state index contributed by atoms with van der Waals surface area (Å²) in [7, 11) is 0. The van der Waals surface area contributed by atoms with Crippen LogP contribution in [0.1, 0.15) is 15.9 Å². The number of aliphatic carboxylic acids is 1. The fourth-order valence-corrected chi connectivity index (χ4v) is 3.21. The summed E-state index contributed by atoms with van der Waals surface area (Å²) in [6.45, 7) is 0.755. The Morgan fingerprint density at radius 3 is 2.78 bits per heavy atom. The number of aromatic amines is 1. The second-order valence-corrected chi connectivity index (χ2v) is 6.26. The Labute approximate surface area is 154 Å². The molecule has 0 bridgehead atoms. The first kappa shape index (κ1) is 17.0. The highest BCUT2D eigenvalue weighted by atomic mass is 16.6. The van der Waals surface area contributed by atoms with Gasteiger partial charge in [0.25, 0.3) is 5.91 Å². The minimum Gasteiger partial charge on any atom is -0.486 e. The molecule has 4 rings (SSSR count). The molecule has 138 valence electrons. The SMILES string of the molecule is O=C(N[C@@H](Cc1c[nH]c2ccccc12)C(=O)O)c1cccc2c1OCCO2. The first-order valence-electron chi connectivity index (χ1n) is 8.61. The summed E-state index contributed by atoms with van der Waals surface area (Å²) in [5, 5.41) is 13.1. The number of hydrogen-bond acceptors (Lipinski definition) is 4. The van der Waals surface area contributed by atoms with Crippen molar-refractivity contribution in [1.82, 2.24) is 10.3 Å². The van der Waals surface area contributed by atoms with Gasteiger partial charge in [0.15, 0.2) is 11.5 Å². The monoisotopic (exact) mass is 366 g/mol. The molecule has 3 N–H and O–H groups in total. The maximum atomic E-state index is 12.7. The second-order valence-electron chi connectivity index (χ2n) is 6.26. The third-order valence-electron chi connectivity index (χ3n) is 4.51. The van der Waals surface area contributed by atoms with Gasteiger partial charge in [0.1, 0.15) is 19.3 Å². The van der Waals surface area contributed by atoms with Crippen molar-refractivity contribution >= 4 is 22.8 Å². The van der Waals surface area contributed by atoms with Gasteiger partial charge in [-0.2, -0.15) is 0 Å². The molecule has 2 heterocycles. The fraction of sp³-hybridized carbons (Fsp3) is 0.200. The average Bonchev–Trinajstić information content (AvgIpc) is 3.10. The van der Waals surface area contributed by atoms with Crippen molar-refractivity contribution in [2.45, 2.75) is 12.5 Å². The number of fused-ring (bicyclic) bond motifs is 2. The molecule has 0 spiro atoms. The highest BCUT2D eigenvalue weighted by molar-refractivity contribution is 6.00. The normalized spacial score (nSPS) is 13.9. The minimum atomic E-state index is -1.10. The number of nitrogens with one attached hydrogen (secondary N) is 2. The molecule has 7 heteroatoms. The molecule has 1 amide bonds. The molecule has 2 aromatic carbocycles. The summed E-state index contributed by atoms with van der Waals surface area (Å²) < 4.78 is 11.0. The van der Waals surface area contributed by atoms with E-state index >= 15 is 0 Å². The van der Waals surface area contributed by atoms with Gasteiger partial charge in [0.05, 0.1) is 5.56 Å². The van der Waals surface area contributed by atoms with Crippen LogP contribution in [0.4, 0.5) is 0 Å². The Kier molecular flexibility index (Phi) is 4.42. The third-order valence-corrected chi connectivity index (χ3v) is 4.51. The van der Waals surface area contributed by atoms with Gasteiger partial charge < -0.3 is 24.9 Å². The molecule has 3 aromatic rings. The van der Waals surface area contributed by atoms with Gasteiger partial charge in [-0.05, 0) is 23.8 Å². The Balaban J connectivity index is 1.57. The molecule has 1 aromatic heterocycles. The van der Waals surface area contributed by atoms with Crippen molar-refractivity contribution < 1.29 is 24.2 Å². The van der Waals surface area contributed by atoms with E-state index in [2.05, 4.69) is 10.3 Å². The van der Waals surface area contributed by atoms with E-state index in [0.29, 0.717) is 24.7 Å². The molecule has 0 saturated carbocycles. The molecule has 0 aliphatic carbocycles. The number of ether oxygens (including phenoxy) is 2. The number of carboxylic acids is 1. The van der Waals surface area contributed by atoms with Crippen LogP contribution < -0.4 is 14.8 Å². The highest BCUT2D eigenvalue weighted by Crippen LogP contribution is 2.33. The molecule has 7 nitrogen and oxygen atoms in total. The van der Waals surface area contributed by atoms with Gasteiger partial charge in [0.2, 0.25) is 0 Å². The first-order valence-corrected chi connectivity index (χ1v) is 8.61. The van der Waals surface area contributed by atoms with Gasteiger partial charge >= 0.3 is 5.97 Å². The van der Waals surface area contributed by atoms with Crippen molar-refractivity contribution in [1.29, 1.82) is 0 Å². The number of hydrogen-bond donors (Lipinski definition) is 3. The quantitative estimate of drug-likeness (QED) is 0.644. The smallest absolute Gasteiger partial charge is 0.326 e. The van der Waals surface area contributed by atoms with Crippen LogP contribution in [0.25, 0.3) is 10.9 Å². The van der Waals surface area contributed by atoms with Crippen LogP contribution >= 0.6 is 0 Å². The summed E-state index contributed by atoms with van der Waals surface area (Å²) in [6, 6.07) is 11.5. The van der Waals surface area contributed by atoms with Crippen LogP contribution in [0, 0.1) is 0 Å². The maximum absolute atomic E-state index is 12.7. The van der Waals surface area contributed by atoms with E-state index in [1.54, 1.807) is 24.4 Å². The minimum absolute atomic E-state index is 0.164. The zero-order valence-corrected chi connectivity index (χ0v) is 14.4. The Morgan fingerprint density at radius 2 is 1.93 bits per heavy atom. The summed E-state index contributed by atoms with van der Waals surface area (Å²) in [6.07, 6.45) is 1.94. The third kappa shape index (κ3) is 3.31. The van der Waals surface area contributed by atoms with Crippen LogP contribution in [0.2, 0.25) is 0 Å². The first-order chi connectivity index (χ1) is 13.1. The average molecular weight is 366 g/mol. The number of rotatable bonds is 5. The lowest BCUT2D eigenvalue weighted by Crippen LogP contribution is -2.42. The molecule has 0 saturated heterocycles. The van der Waals surface area contributed by atoms with E-state index in [9.17, 15) is 14.7 Å². The van der Waals surface area contributed by atoms with Crippen LogP contribution in [-0.4, -0.2) is 41.2 Å². The predicted molar refractivity (Wildman–Crippen MR) is 98.3 cm³/mol. The Bertz CT molecular complexity index is 1010. The molecule has 1 aliphatic heterocycles. The number of H-pyrrole nitrogens is 1. The summed E-state index contributed by atoms with van der Waals surface area (Å²) in [5.41, 5.74) is 2.01. The van der Waals surface area contributed by atoms with Gasteiger partial charge in [-0.25, -0.2) is 4.79 Å². The largest absolute Gasteiger partial charge is 0.486 e. The summed E-state index contributed by atoms with van der Waals surface area (Å²) >= 11 is 0. The van der Waals surface area contributed by atoms with E-state index in [4.69, 9.17) is 9.47 Å². The number of amides is 1. The number of carbonyl (C=O) groups is 2. The number of benzene rings is 2. The van der Waals surface area contributed by atoms with Gasteiger partial charge in [0, 0.05) is 23.5 Å². The molecule has 0 fully saturated rings. The molecule has 1 atom stereocenters. The second kappa shape index (κ2) is 7.03. The number of carbonyl (C=O) groups excluding carboxylic acids is 1. The molecular formula is C20H18N2O5.